The molecule has 2 heterocycles. The van der Waals surface area contributed by atoms with Crippen LogP contribution in [0.25, 0.3) is 0 Å². The molecular formula is C26H34N2O. The highest BCUT2D eigenvalue weighted by atomic mass is 16.1. The number of piperidine rings is 1. The van der Waals surface area contributed by atoms with E-state index in [4.69, 9.17) is 0 Å². The molecule has 4 rings (SSSR count). The van der Waals surface area contributed by atoms with E-state index in [1.54, 1.807) is 0 Å². The summed E-state index contributed by atoms with van der Waals surface area (Å²) in [4.78, 5) is 12.7. The molecule has 1 saturated heterocycles. The van der Waals surface area contributed by atoms with Gasteiger partial charge in [-0.25, -0.2) is 0 Å². The first kappa shape index (κ1) is 20.2. The van der Waals surface area contributed by atoms with E-state index in [2.05, 4.69) is 53.1 Å². The van der Waals surface area contributed by atoms with Crippen LogP contribution in [0.15, 0.2) is 48.5 Å². The number of Topliss-reactive ketones (excluding diaryl/α,β-unsaturated/α-hetero) is 1. The molecule has 2 aliphatic heterocycles. The van der Waals surface area contributed by atoms with Gasteiger partial charge in [-0.2, -0.15) is 0 Å². The third-order valence-corrected chi connectivity index (χ3v) is 6.67. The predicted octanol–water partition coefficient (Wildman–Crippen LogP) is 5.26. The van der Waals surface area contributed by atoms with Gasteiger partial charge in [0.15, 0.2) is 5.78 Å². The number of rotatable bonds is 7. The molecule has 2 N–H and O–H groups in total. The lowest BCUT2D eigenvalue weighted by atomic mass is 9.91. The van der Waals surface area contributed by atoms with Crippen molar-refractivity contribution in [1.82, 2.24) is 5.32 Å². The van der Waals surface area contributed by atoms with E-state index >= 15 is 0 Å². The summed E-state index contributed by atoms with van der Waals surface area (Å²) in [5.74, 6) is 1.75. The third kappa shape index (κ3) is 5.70. The van der Waals surface area contributed by atoms with E-state index < -0.39 is 0 Å². The minimum absolute atomic E-state index is 0.312. The standard InChI is InChI=1S/C26H34N2O/c29-26(8-4-7-20-13-15-27-16-14-20)24-11-12-25-23(18-24)10-9-22(19-28-25)17-21-5-2-1-3-6-21/h1-3,5-6,11-12,18,20,22,27-28H,4,7-10,13-17,19H2. The minimum atomic E-state index is 0.312. The van der Waals surface area contributed by atoms with Crippen LogP contribution in [-0.2, 0) is 12.8 Å². The number of ketones is 1. The monoisotopic (exact) mass is 390 g/mol. The van der Waals surface area contributed by atoms with Crippen LogP contribution in [0.3, 0.4) is 0 Å². The molecule has 2 aromatic rings. The van der Waals surface area contributed by atoms with Crippen LogP contribution < -0.4 is 10.6 Å². The number of fused-ring (bicyclic) bond motifs is 1. The van der Waals surface area contributed by atoms with Gasteiger partial charge < -0.3 is 10.6 Å². The summed E-state index contributed by atoms with van der Waals surface area (Å²) in [6.07, 6.45) is 8.78. The fraction of sp³-hybridized carbons (Fsp3) is 0.500. The Bertz CT molecular complexity index is 796. The van der Waals surface area contributed by atoms with Gasteiger partial charge >= 0.3 is 0 Å². The van der Waals surface area contributed by atoms with Gasteiger partial charge in [-0.3, -0.25) is 4.79 Å². The fourth-order valence-corrected chi connectivity index (χ4v) is 4.85. The summed E-state index contributed by atoms with van der Waals surface area (Å²) < 4.78 is 0. The number of aryl methyl sites for hydroxylation is 1. The first-order valence-electron chi connectivity index (χ1n) is 11.4. The van der Waals surface area contributed by atoms with Crippen molar-refractivity contribution in [3.63, 3.8) is 0 Å². The van der Waals surface area contributed by atoms with Gasteiger partial charge in [-0.1, -0.05) is 30.3 Å². The molecular weight excluding hydrogens is 356 g/mol. The highest BCUT2D eigenvalue weighted by molar-refractivity contribution is 5.96. The number of benzene rings is 2. The Labute approximate surface area is 175 Å². The van der Waals surface area contributed by atoms with Crippen LogP contribution in [0.4, 0.5) is 5.69 Å². The summed E-state index contributed by atoms with van der Waals surface area (Å²) in [7, 11) is 0. The summed E-state index contributed by atoms with van der Waals surface area (Å²) >= 11 is 0. The summed E-state index contributed by atoms with van der Waals surface area (Å²) in [6.45, 7) is 3.29. The van der Waals surface area contributed by atoms with E-state index in [9.17, 15) is 4.79 Å². The lowest BCUT2D eigenvalue weighted by Crippen LogP contribution is -2.27. The van der Waals surface area contributed by atoms with Crippen LogP contribution >= 0.6 is 0 Å². The zero-order chi connectivity index (χ0) is 19.9. The number of anilines is 1. The fourth-order valence-electron chi connectivity index (χ4n) is 4.85. The molecule has 0 saturated carbocycles. The van der Waals surface area contributed by atoms with Gasteiger partial charge in [0.2, 0.25) is 0 Å². The van der Waals surface area contributed by atoms with Crippen molar-refractivity contribution in [1.29, 1.82) is 0 Å². The molecule has 1 atom stereocenters. The van der Waals surface area contributed by atoms with Crippen molar-refractivity contribution in [2.24, 2.45) is 11.8 Å². The van der Waals surface area contributed by atoms with Crippen LogP contribution in [0.1, 0.15) is 60.0 Å². The van der Waals surface area contributed by atoms with Gasteiger partial charge in [0.1, 0.15) is 0 Å². The smallest absolute Gasteiger partial charge is 0.162 e. The SMILES string of the molecule is O=C(CCCC1CCNCC1)c1ccc2c(c1)CCC(Cc1ccccc1)CN2. The Kier molecular flexibility index (Phi) is 7.00. The van der Waals surface area contributed by atoms with Gasteiger partial charge in [0, 0.05) is 24.2 Å². The van der Waals surface area contributed by atoms with E-state index in [1.165, 1.54) is 42.5 Å². The number of nitrogens with one attached hydrogen (secondary N) is 2. The van der Waals surface area contributed by atoms with Crippen LogP contribution in [0, 0.1) is 11.8 Å². The average molecular weight is 391 g/mol. The minimum Gasteiger partial charge on any atom is -0.385 e. The van der Waals surface area contributed by atoms with Crippen molar-refractivity contribution >= 4 is 11.5 Å². The zero-order valence-electron chi connectivity index (χ0n) is 17.5. The quantitative estimate of drug-likeness (QED) is 0.634. The van der Waals surface area contributed by atoms with Crippen LogP contribution in [0.5, 0.6) is 0 Å². The molecule has 0 spiro atoms. The predicted molar refractivity (Wildman–Crippen MR) is 121 cm³/mol. The maximum absolute atomic E-state index is 12.7. The second-order valence-electron chi connectivity index (χ2n) is 8.86. The normalized spacial score (nSPS) is 19.8. The molecule has 3 heteroatoms. The Morgan fingerprint density at radius 3 is 2.62 bits per heavy atom. The van der Waals surface area contributed by atoms with Gasteiger partial charge in [-0.05, 0) is 99.2 Å². The Balaban J connectivity index is 1.30. The largest absolute Gasteiger partial charge is 0.385 e. The molecule has 0 amide bonds. The maximum Gasteiger partial charge on any atom is 0.162 e. The molecule has 0 bridgehead atoms. The van der Waals surface area contributed by atoms with Gasteiger partial charge in [-0.15, -0.1) is 0 Å². The number of carbonyl (C=O) groups is 1. The summed E-state index contributed by atoms with van der Waals surface area (Å²) in [5, 5.41) is 7.05. The second-order valence-corrected chi connectivity index (χ2v) is 8.86. The molecule has 2 aromatic carbocycles. The highest BCUT2D eigenvalue weighted by Crippen LogP contribution is 2.27. The molecule has 1 unspecified atom stereocenters. The van der Waals surface area contributed by atoms with E-state index in [1.807, 2.05) is 6.07 Å². The zero-order valence-corrected chi connectivity index (χ0v) is 17.5. The van der Waals surface area contributed by atoms with Crippen LogP contribution in [0.2, 0.25) is 0 Å². The third-order valence-electron chi connectivity index (χ3n) is 6.67. The second kappa shape index (κ2) is 10.1. The molecule has 0 radical (unpaired) electrons. The van der Waals surface area contributed by atoms with E-state index in [0.717, 1.165) is 50.4 Å². The molecule has 3 nitrogen and oxygen atoms in total. The molecule has 154 valence electrons. The van der Waals surface area contributed by atoms with Gasteiger partial charge in [0.25, 0.3) is 0 Å². The lowest BCUT2D eigenvalue weighted by molar-refractivity contribution is 0.0977. The Morgan fingerprint density at radius 2 is 1.79 bits per heavy atom. The average Bonchev–Trinajstić information content (AvgIpc) is 2.97. The van der Waals surface area contributed by atoms with Gasteiger partial charge in [0.05, 0.1) is 0 Å². The first-order valence-corrected chi connectivity index (χ1v) is 11.4. The molecule has 1 fully saturated rings. The van der Waals surface area contributed by atoms with Crippen LogP contribution in [-0.4, -0.2) is 25.4 Å². The Morgan fingerprint density at radius 1 is 0.966 bits per heavy atom. The van der Waals surface area contributed by atoms with Crippen molar-refractivity contribution in [3.05, 3.63) is 65.2 Å². The molecule has 29 heavy (non-hydrogen) atoms. The van der Waals surface area contributed by atoms with E-state index in [-0.39, 0.29) is 0 Å². The molecule has 0 aliphatic carbocycles. The van der Waals surface area contributed by atoms with Crippen molar-refractivity contribution in [2.75, 3.05) is 25.0 Å². The maximum atomic E-state index is 12.7. The summed E-state index contributed by atoms with van der Waals surface area (Å²) in [5.41, 5.74) is 4.84. The van der Waals surface area contributed by atoms with E-state index in [0.29, 0.717) is 18.1 Å². The number of hydrogen-bond donors (Lipinski definition) is 2. The molecule has 2 aliphatic rings. The molecule has 0 aromatic heterocycles. The highest BCUT2D eigenvalue weighted by Gasteiger charge is 2.18. The van der Waals surface area contributed by atoms with Crippen molar-refractivity contribution in [3.8, 4) is 0 Å². The topological polar surface area (TPSA) is 41.1 Å². The Hall–Kier alpha value is -2.13. The number of hydrogen-bond acceptors (Lipinski definition) is 3. The summed E-state index contributed by atoms with van der Waals surface area (Å²) in [6, 6.07) is 17.1. The first-order chi connectivity index (χ1) is 14.3. The number of carbonyl (C=O) groups excluding carboxylic acids is 1. The van der Waals surface area contributed by atoms with Crippen molar-refractivity contribution in [2.45, 2.75) is 51.4 Å². The van der Waals surface area contributed by atoms with Crippen molar-refractivity contribution < 1.29 is 4.79 Å². The lowest BCUT2D eigenvalue weighted by Gasteiger charge is -2.22.